The Bertz CT molecular complexity index is 1320. The van der Waals surface area contributed by atoms with Gasteiger partial charge in [0.1, 0.15) is 5.75 Å². The van der Waals surface area contributed by atoms with Crippen molar-refractivity contribution in [2.24, 2.45) is 0 Å². The number of methoxy groups -OCH3 is 1. The Balaban J connectivity index is 1.49. The number of ether oxygens (including phenoxy) is 2. The quantitative estimate of drug-likeness (QED) is 0.201. The van der Waals surface area contributed by atoms with Gasteiger partial charge in [-0.3, -0.25) is 14.8 Å². The molecule has 1 aromatic heterocycles. The minimum atomic E-state index is -3.93. The fourth-order valence-electron chi connectivity index (χ4n) is 3.38. The van der Waals surface area contributed by atoms with Crippen LogP contribution in [0.15, 0.2) is 65.8 Å². The lowest BCUT2D eigenvalue weighted by molar-refractivity contribution is 0.0977. The van der Waals surface area contributed by atoms with E-state index in [4.69, 9.17) is 21.7 Å². The van der Waals surface area contributed by atoms with E-state index in [0.29, 0.717) is 23.6 Å². The molecule has 1 heterocycles. The topological polar surface area (TPSA) is 132 Å². The number of aromatic nitrogens is 2. The molecule has 2 aromatic carbocycles. The fourth-order valence-corrected chi connectivity index (χ4v) is 4.60. The molecule has 202 valence electrons. The molecular weight excluding hydrogens is 526 g/mol. The number of benzene rings is 2. The molecule has 0 fully saturated rings. The van der Waals surface area contributed by atoms with Gasteiger partial charge in [-0.25, -0.2) is 18.4 Å². The summed E-state index contributed by atoms with van der Waals surface area (Å²) in [5.74, 6) is 0.355. The Hall–Kier alpha value is -3.77. The van der Waals surface area contributed by atoms with Crippen LogP contribution in [0.4, 0.5) is 11.5 Å². The lowest BCUT2D eigenvalue weighted by Crippen LogP contribution is -2.34. The van der Waals surface area contributed by atoms with Gasteiger partial charge in [-0.1, -0.05) is 32.6 Å². The van der Waals surface area contributed by atoms with Crippen molar-refractivity contribution in [3.63, 3.8) is 0 Å². The zero-order valence-corrected chi connectivity index (χ0v) is 22.9. The van der Waals surface area contributed by atoms with Gasteiger partial charge in [-0.2, -0.15) is 0 Å². The van der Waals surface area contributed by atoms with Gasteiger partial charge in [0.25, 0.3) is 21.8 Å². The number of anilines is 2. The van der Waals surface area contributed by atoms with Crippen LogP contribution in [0.5, 0.6) is 11.6 Å². The number of nitrogens with one attached hydrogen (secondary N) is 3. The van der Waals surface area contributed by atoms with E-state index < -0.39 is 10.0 Å². The summed E-state index contributed by atoms with van der Waals surface area (Å²) in [7, 11) is -2.57. The van der Waals surface area contributed by atoms with Crippen LogP contribution in [-0.4, -0.2) is 43.1 Å². The molecule has 0 aliphatic carbocycles. The van der Waals surface area contributed by atoms with Crippen molar-refractivity contribution in [1.29, 1.82) is 0 Å². The number of nitrogens with zero attached hydrogens (tertiary/aromatic N) is 2. The molecule has 0 aliphatic rings. The van der Waals surface area contributed by atoms with E-state index in [2.05, 4.69) is 32.2 Å². The van der Waals surface area contributed by atoms with Crippen LogP contribution in [0, 0.1) is 0 Å². The van der Waals surface area contributed by atoms with Gasteiger partial charge in [0.2, 0.25) is 5.82 Å². The molecule has 0 spiro atoms. The third kappa shape index (κ3) is 8.67. The summed E-state index contributed by atoms with van der Waals surface area (Å²) in [5, 5.41) is 5.54. The molecule has 3 rings (SSSR count). The first kappa shape index (κ1) is 28.8. The highest BCUT2D eigenvalue weighted by molar-refractivity contribution is 7.92. The molecule has 0 saturated heterocycles. The summed E-state index contributed by atoms with van der Waals surface area (Å²) in [6.45, 7) is 2.83. The molecule has 0 atom stereocenters. The van der Waals surface area contributed by atoms with Crippen LogP contribution in [0.2, 0.25) is 0 Å². The van der Waals surface area contributed by atoms with Crippen molar-refractivity contribution in [2.75, 3.05) is 23.8 Å². The van der Waals surface area contributed by atoms with E-state index >= 15 is 0 Å². The van der Waals surface area contributed by atoms with Gasteiger partial charge in [0, 0.05) is 23.6 Å². The molecule has 3 N–H and O–H groups in total. The largest absolute Gasteiger partial charge is 0.494 e. The van der Waals surface area contributed by atoms with Crippen LogP contribution < -0.4 is 24.8 Å². The standard InChI is InChI=1S/C26H31N5O5S2/c1-3-4-5-6-7-18-36-21-12-8-19(9-13-21)24(32)30-26(37)29-20-10-14-22(15-11-20)38(33,34)31-23-25(35-2)28-17-16-27-23/h8-17H,3-7,18H2,1-2H3,(H,27,31)(H2,29,30,32,37). The van der Waals surface area contributed by atoms with Gasteiger partial charge < -0.3 is 14.8 Å². The van der Waals surface area contributed by atoms with E-state index in [-0.39, 0.29) is 27.6 Å². The maximum Gasteiger partial charge on any atom is 0.263 e. The molecule has 0 radical (unpaired) electrons. The monoisotopic (exact) mass is 557 g/mol. The number of thiocarbonyl (C=S) groups is 1. The average molecular weight is 558 g/mol. The molecule has 0 bridgehead atoms. The minimum absolute atomic E-state index is 0.00558. The third-order valence-corrected chi connectivity index (χ3v) is 6.93. The normalized spacial score (nSPS) is 10.9. The second kappa shape index (κ2) is 14.2. The first-order valence-electron chi connectivity index (χ1n) is 12.2. The molecule has 0 unspecified atom stereocenters. The van der Waals surface area contributed by atoms with Crippen LogP contribution in [0.1, 0.15) is 49.4 Å². The molecule has 10 nitrogen and oxygen atoms in total. The Kier molecular flexibility index (Phi) is 10.8. The van der Waals surface area contributed by atoms with Crippen molar-refractivity contribution in [3.8, 4) is 11.6 Å². The van der Waals surface area contributed by atoms with Gasteiger partial charge >= 0.3 is 0 Å². The van der Waals surface area contributed by atoms with Crippen molar-refractivity contribution in [3.05, 3.63) is 66.5 Å². The number of amides is 1. The fraction of sp³-hybridized carbons (Fsp3) is 0.308. The van der Waals surface area contributed by atoms with Crippen molar-refractivity contribution in [1.82, 2.24) is 15.3 Å². The van der Waals surface area contributed by atoms with E-state index in [0.717, 1.165) is 12.8 Å². The molecule has 1 amide bonds. The maximum atomic E-state index is 12.7. The van der Waals surface area contributed by atoms with Crippen molar-refractivity contribution >= 4 is 44.8 Å². The van der Waals surface area contributed by atoms with E-state index in [1.165, 1.54) is 63.0 Å². The van der Waals surface area contributed by atoms with Crippen LogP contribution >= 0.6 is 12.2 Å². The minimum Gasteiger partial charge on any atom is -0.494 e. The van der Waals surface area contributed by atoms with Gasteiger partial charge in [0.05, 0.1) is 18.6 Å². The molecular formula is C26H31N5O5S2. The average Bonchev–Trinajstić information content (AvgIpc) is 2.91. The lowest BCUT2D eigenvalue weighted by atomic mass is 10.2. The SMILES string of the molecule is CCCCCCCOc1ccc(C(=O)NC(=S)Nc2ccc(S(=O)(=O)Nc3nccnc3OC)cc2)cc1. The third-order valence-electron chi connectivity index (χ3n) is 5.37. The first-order chi connectivity index (χ1) is 18.3. The molecule has 0 saturated carbocycles. The Labute approximate surface area is 228 Å². The lowest BCUT2D eigenvalue weighted by Gasteiger charge is -2.12. The summed E-state index contributed by atoms with van der Waals surface area (Å²) in [6, 6.07) is 12.7. The van der Waals surface area contributed by atoms with E-state index in [1.54, 1.807) is 24.3 Å². The Morgan fingerprint density at radius 2 is 1.63 bits per heavy atom. The molecule has 3 aromatic rings. The smallest absolute Gasteiger partial charge is 0.263 e. The number of carbonyl (C=O) groups is 1. The maximum absolute atomic E-state index is 12.7. The van der Waals surface area contributed by atoms with Gasteiger partial charge in [-0.05, 0) is 67.2 Å². The number of unbranched alkanes of at least 4 members (excludes halogenated alkanes) is 4. The predicted molar refractivity (Wildman–Crippen MR) is 150 cm³/mol. The number of carbonyl (C=O) groups excluding carboxylic acids is 1. The number of hydrogen-bond donors (Lipinski definition) is 3. The van der Waals surface area contributed by atoms with Crippen LogP contribution in [-0.2, 0) is 10.0 Å². The first-order valence-corrected chi connectivity index (χ1v) is 14.0. The second-order valence-electron chi connectivity index (χ2n) is 8.24. The number of sulfonamides is 1. The van der Waals surface area contributed by atoms with Crippen molar-refractivity contribution < 1.29 is 22.7 Å². The van der Waals surface area contributed by atoms with E-state index in [9.17, 15) is 13.2 Å². The highest BCUT2D eigenvalue weighted by Crippen LogP contribution is 2.22. The summed E-state index contributed by atoms with van der Waals surface area (Å²) >= 11 is 5.23. The van der Waals surface area contributed by atoms with Crippen molar-refractivity contribution in [2.45, 2.75) is 43.9 Å². The number of rotatable bonds is 13. The highest BCUT2D eigenvalue weighted by Gasteiger charge is 2.18. The molecule has 0 aliphatic heterocycles. The summed E-state index contributed by atoms with van der Waals surface area (Å²) < 4.78 is 38.5. The highest BCUT2D eigenvalue weighted by atomic mass is 32.2. The Morgan fingerprint density at radius 3 is 2.32 bits per heavy atom. The zero-order valence-electron chi connectivity index (χ0n) is 21.3. The summed E-state index contributed by atoms with van der Waals surface area (Å²) in [5.41, 5.74) is 0.922. The second-order valence-corrected chi connectivity index (χ2v) is 10.3. The zero-order chi connectivity index (χ0) is 27.4. The summed E-state index contributed by atoms with van der Waals surface area (Å²) in [4.78, 5) is 20.4. The van der Waals surface area contributed by atoms with Crippen LogP contribution in [0.25, 0.3) is 0 Å². The molecule has 38 heavy (non-hydrogen) atoms. The van der Waals surface area contributed by atoms with Crippen LogP contribution in [0.3, 0.4) is 0 Å². The summed E-state index contributed by atoms with van der Waals surface area (Å²) in [6.07, 6.45) is 8.55. The Morgan fingerprint density at radius 1 is 0.947 bits per heavy atom. The van der Waals surface area contributed by atoms with E-state index in [1.807, 2.05) is 0 Å². The predicted octanol–water partition coefficient (Wildman–Crippen LogP) is 4.76. The van der Waals surface area contributed by atoms with Gasteiger partial charge in [-0.15, -0.1) is 0 Å². The number of hydrogen-bond acceptors (Lipinski definition) is 8. The molecule has 12 heteroatoms. The van der Waals surface area contributed by atoms with Gasteiger partial charge in [0.15, 0.2) is 5.11 Å².